The third-order valence-corrected chi connectivity index (χ3v) is 6.53. The molecule has 0 spiro atoms. The number of aromatic nitrogens is 2. The summed E-state index contributed by atoms with van der Waals surface area (Å²) < 4.78 is 20.2. The van der Waals surface area contributed by atoms with Gasteiger partial charge in [0, 0.05) is 19.6 Å². The quantitative estimate of drug-likeness (QED) is 0.544. The predicted octanol–water partition coefficient (Wildman–Crippen LogP) is 3.78. The Hall–Kier alpha value is -3.00. The second-order valence-corrected chi connectivity index (χ2v) is 9.68. The summed E-state index contributed by atoms with van der Waals surface area (Å²) in [5, 5.41) is 3.28. The molecule has 1 fully saturated rings. The van der Waals surface area contributed by atoms with Crippen LogP contribution < -0.4 is 10.9 Å². The largest absolute Gasteiger partial charge is 0.442 e. The van der Waals surface area contributed by atoms with Gasteiger partial charge in [-0.1, -0.05) is 26.0 Å². The smallest absolute Gasteiger partial charge is 0.265 e. The summed E-state index contributed by atoms with van der Waals surface area (Å²) in [6.45, 7) is 9.74. The number of halogens is 1. The summed E-state index contributed by atoms with van der Waals surface area (Å²) in [6, 6.07) is 6.69. The fourth-order valence-electron chi connectivity index (χ4n) is 4.61. The van der Waals surface area contributed by atoms with E-state index in [1.165, 1.54) is 18.5 Å². The van der Waals surface area contributed by atoms with Gasteiger partial charge in [-0.2, -0.15) is 0 Å². The molecule has 0 bridgehead atoms. The molecule has 0 saturated carbocycles. The lowest BCUT2D eigenvalue weighted by molar-refractivity contribution is 0.0936. The number of nitrogens with one attached hydrogen (secondary N) is 1. The summed E-state index contributed by atoms with van der Waals surface area (Å²) >= 11 is 0. The zero-order valence-electron chi connectivity index (χ0n) is 20.1. The first-order valence-corrected chi connectivity index (χ1v) is 12.1. The van der Waals surface area contributed by atoms with Gasteiger partial charge in [0.05, 0.1) is 5.56 Å². The van der Waals surface area contributed by atoms with Gasteiger partial charge in [-0.05, 0) is 68.8 Å². The SMILES string of the molecule is Cc1oc2ncn(CC(C)C)c(=O)c2c1C(=O)NCC1CCN(CCc2ccc(F)cc2)CC1. The summed E-state index contributed by atoms with van der Waals surface area (Å²) in [5.41, 5.74) is 1.40. The van der Waals surface area contributed by atoms with Gasteiger partial charge in [-0.25, -0.2) is 9.37 Å². The summed E-state index contributed by atoms with van der Waals surface area (Å²) in [6.07, 6.45) is 4.38. The summed E-state index contributed by atoms with van der Waals surface area (Å²) in [5.74, 6) is 0.595. The molecule has 34 heavy (non-hydrogen) atoms. The van der Waals surface area contributed by atoms with E-state index < -0.39 is 0 Å². The Kier molecular flexibility index (Phi) is 7.46. The number of likely N-dealkylation sites (tertiary alicyclic amines) is 1. The van der Waals surface area contributed by atoms with Crippen LogP contribution in [0.4, 0.5) is 4.39 Å². The number of piperidine rings is 1. The predicted molar refractivity (Wildman–Crippen MR) is 129 cm³/mol. The molecule has 1 amide bonds. The molecule has 0 atom stereocenters. The number of nitrogens with zero attached hydrogens (tertiary/aromatic N) is 3. The van der Waals surface area contributed by atoms with Crippen LogP contribution in [0.15, 0.2) is 39.8 Å². The van der Waals surface area contributed by atoms with Gasteiger partial charge in [-0.15, -0.1) is 0 Å². The van der Waals surface area contributed by atoms with E-state index in [-0.39, 0.29) is 34.3 Å². The molecule has 182 valence electrons. The van der Waals surface area contributed by atoms with E-state index in [4.69, 9.17) is 4.42 Å². The molecule has 0 aliphatic carbocycles. The standard InChI is InChI=1S/C26H33FN4O3/c1-17(2)15-31-16-29-25-23(26(31)33)22(18(3)34-25)24(32)28-14-20-9-12-30(13-10-20)11-8-19-4-6-21(27)7-5-19/h4-7,16-17,20H,8-15H2,1-3H3,(H,28,32). The number of benzene rings is 1. The van der Waals surface area contributed by atoms with Crippen LogP contribution in [-0.2, 0) is 13.0 Å². The van der Waals surface area contributed by atoms with Crippen molar-refractivity contribution in [3.05, 3.63) is 63.7 Å². The average molecular weight is 469 g/mol. The summed E-state index contributed by atoms with van der Waals surface area (Å²) in [4.78, 5) is 32.7. The number of carbonyl (C=O) groups is 1. The lowest BCUT2D eigenvalue weighted by Crippen LogP contribution is -2.39. The van der Waals surface area contributed by atoms with Crippen molar-refractivity contribution in [3.63, 3.8) is 0 Å². The normalized spacial score (nSPS) is 15.3. The Morgan fingerprint density at radius 2 is 1.94 bits per heavy atom. The number of carbonyl (C=O) groups excluding carboxylic acids is 1. The first-order chi connectivity index (χ1) is 16.3. The Bertz CT molecular complexity index is 1190. The molecule has 1 saturated heterocycles. The molecule has 1 N–H and O–H groups in total. The third-order valence-electron chi connectivity index (χ3n) is 6.53. The van der Waals surface area contributed by atoms with E-state index in [2.05, 4.69) is 15.2 Å². The van der Waals surface area contributed by atoms with Gasteiger partial charge >= 0.3 is 0 Å². The molecule has 1 aliphatic rings. The second-order valence-electron chi connectivity index (χ2n) is 9.68. The van der Waals surface area contributed by atoms with Crippen molar-refractivity contribution in [2.45, 2.75) is 46.6 Å². The van der Waals surface area contributed by atoms with Crippen LogP contribution in [0.5, 0.6) is 0 Å². The van der Waals surface area contributed by atoms with Crippen LogP contribution in [-0.4, -0.2) is 46.5 Å². The van der Waals surface area contributed by atoms with Crippen molar-refractivity contribution in [2.24, 2.45) is 11.8 Å². The Balaban J connectivity index is 1.32. The van der Waals surface area contributed by atoms with E-state index >= 15 is 0 Å². The van der Waals surface area contributed by atoms with Crippen LogP contribution in [0.1, 0.15) is 48.4 Å². The molecule has 4 rings (SSSR count). The second kappa shape index (κ2) is 10.5. The van der Waals surface area contributed by atoms with Crippen LogP contribution in [0.3, 0.4) is 0 Å². The van der Waals surface area contributed by atoms with Gasteiger partial charge in [0.2, 0.25) is 5.71 Å². The highest BCUT2D eigenvalue weighted by molar-refractivity contribution is 6.06. The van der Waals surface area contributed by atoms with E-state index in [9.17, 15) is 14.0 Å². The number of furan rings is 1. The van der Waals surface area contributed by atoms with Gasteiger partial charge in [0.1, 0.15) is 23.3 Å². The van der Waals surface area contributed by atoms with E-state index in [1.807, 2.05) is 26.0 Å². The van der Waals surface area contributed by atoms with E-state index in [1.54, 1.807) is 11.5 Å². The molecular formula is C26H33FN4O3. The first kappa shape index (κ1) is 24.1. The van der Waals surface area contributed by atoms with Crippen molar-refractivity contribution in [1.29, 1.82) is 0 Å². The lowest BCUT2D eigenvalue weighted by Gasteiger charge is -2.32. The van der Waals surface area contributed by atoms with Crippen LogP contribution >= 0.6 is 0 Å². The van der Waals surface area contributed by atoms with Gasteiger partial charge < -0.3 is 14.6 Å². The maximum absolute atomic E-state index is 13.1. The van der Waals surface area contributed by atoms with Gasteiger partial charge in [-0.3, -0.25) is 14.2 Å². The fraction of sp³-hybridized carbons (Fsp3) is 0.500. The lowest BCUT2D eigenvalue weighted by atomic mass is 9.96. The highest BCUT2D eigenvalue weighted by Gasteiger charge is 2.25. The minimum Gasteiger partial charge on any atom is -0.442 e. The van der Waals surface area contributed by atoms with Crippen molar-refractivity contribution in [1.82, 2.24) is 19.8 Å². The molecule has 3 heterocycles. The molecule has 3 aromatic rings. The minimum absolute atomic E-state index is 0.206. The molecule has 1 aliphatic heterocycles. The topological polar surface area (TPSA) is 80.4 Å². The van der Waals surface area contributed by atoms with Crippen molar-refractivity contribution in [2.75, 3.05) is 26.2 Å². The Morgan fingerprint density at radius 1 is 1.24 bits per heavy atom. The number of aryl methyl sites for hydroxylation is 1. The van der Waals surface area contributed by atoms with Gasteiger partial charge in [0.25, 0.3) is 11.5 Å². The minimum atomic E-state index is -0.281. The molecule has 1 aromatic carbocycles. The first-order valence-electron chi connectivity index (χ1n) is 12.1. The third kappa shape index (κ3) is 5.55. The number of rotatable bonds is 8. The number of fused-ring (bicyclic) bond motifs is 1. The van der Waals surface area contributed by atoms with Crippen LogP contribution in [0.25, 0.3) is 11.1 Å². The van der Waals surface area contributed by atoms with Crippen LogP contribution in [0, 0.1) is 24.6 Å². The number of hydrogen-bond donors (Lipinski definition) is 1. The number of amides is 1. The Morgan fingerprint density at radius 3 is 2.62 bits per heavy atom. The maximum Gasteiger partial charge on any atom is 0.265 e. The van der Waals surface area contributed by atoms with Crippen molar-refractivity contribution < 1.29 is 13.6 Å². The fourth-order valence-corrected chi connectivity index (χ4v) is 4.61. The highest BCUT2D eigenvalue weighted by Crippen LogP contribution is 2.22. The zero-order valence-corrected chi connectivity index (χ0v) is 20.1. The molecular weight excluding hydrogens is 435 g/mol. The van der Waals surface area contributed by atoms with Crippen molar-refractivity contribution >= 4 is 17.0 Å². The highest BCUT2D eigenvalue weighted by atomic mass is 19.1. The molecule has 8 heteroatoms. The maximum atomic E-state index is 13.1. The number of hydrogen-bond acceptors (Lipinski definition) is 5. The van der Waals surface area contributed by atoms with E-state index in [0.29, 0.717) is 30.3 Å². The van der Waals surface area contributed by atoms with Crippen molar-refractivity contribution in [3.8, 4) is 0 Å². The zero-order chi connectivity index (χ0) is 24.2. The Labute approximate surface area is 199 Å². The molecule has 7 nitrogen and oxygen atoms in total. The molecule has 0 unspecified atom stereocenters. The summed E-state index contributed by atoms with van der Waals surface area (Å²) in [7, 11) is 0. The molecule has 0 radical (unpaired) electrons. The van der Waals surface area contributed by atoms with E-state index in [0.717, 1.165) is 44.5 Å². The van der Waals surface area contributed by atoms with Crippen LogP contribution in [0.2, 0.25) is 0 Å². The van der Waals surface area contributed by atoms with Gasteiger partial charge in [0.15, 0.2) is 0 Å². The monoisotopic (exact) mass is 468 g/mol. The average Bonchev–Trinajstić information content (AvgIpc) is 3.16. The molecule has 2 aromatic heterocycles.